The van der Waals surface area contributed by atoms with Crippen LogP contribution in [0.25, 0.3) is 0 Å². The molecule has 0 aromatic carbocycles. The van der Waals surface area contributed by atoms with Gasteiger partial charge in [-0.1, -0.05) is 15.9 Å². The summed E-state index contributed by atoms with van der Waals surface area (Å²) in [7, 11) is 0. The van der Waals surface area contributed by atoms with Gasteiger partial charge in [0.2, 0.25) is 0 Å². The predicted octanol–water partition coefficient (Wildman–Crippen LogP) is 3.23. The minimum Gasteiger partial charge on any atom is -0.354 e. The molecule has 0 atom stereocenters. The van der Waals surface area contributed by atoms with Crippen LogP contribution in [0.5, 0.6) is 0 Å². The third kappa shape index (κ3) is 2.60. The first kappa shape index (κ1) is 13.1. The number of aromatic nitrogens is 1. The van der Waals surface area contributed by atoms with E-state index in [4.69, 9.17) is 0 Å². The Morgan fingerprint density at radius 2 is 1.94 bits per heavy atom. The lowest BCUT2D eigenvalue weighted by Crippen LogP contribution is -2.22. The molecule has 1 aromatic heterocycles. The van der Waals surface area contributed by atoms with E-state index in [0.717, 1.165) is 0 Å². The first-order valence-electron chi connectivity index (χ1n) is 3.94. The van der Waals surface area contributed by atoms with Gasteiger partial charge in [0.25, 0.3) is 6.43 Å². The largest absolute Gasteiger partial charge is 0.431 e. The van der Waals surface area contributed by atoms with Crippen molar-refractivity contribution in [3.8, 4) is 0 Å². The van der Waals surface area contributed by atoms with Crippen molar-refractivity contribution >= 4 is 15.9 Å². The molecule has 0 amide bonds. The second-order valence-corrected chi connectivity index (χ2v) is 3.44. The molecule has 0 unspecified atom stereocenters. The maximum Gasteiger partial charge on any atom is 0.431 e. The van der Waals surface area contributed by atoms with Crippen LogP contribution < -0.4 is 5.43 Å². The number of hydrogen-bond acceptors (Lipinski definition) is 1. The van der Waals surface area contributed by atoms with E-state index in [-0.39, 0.29) is 11.0 Å². The Bertz CT molecular complexity index is 439. The molecule has 0 aliphatic heterocycles. The van der Waals surface area contributed by atoms with Gasteiger partial charge in [-0.05, 0) is 0 Å². The maximum atomic E-state index is 12.4. The lowest BCUT2D eigenvalue weighted by molar-refractivity contribution is -0.143. The number of alkyl halides is 6. The molecule has 1 N–H and O–H groups in total. The first-order chi connectivity index (χ1) is 7.27. The van der Waals surface area contributed by atoms with Crippen LogP contribution in [0.4, 0.5) is 22.0 Å². The normalized spacial score (nSPS) is 12.2. The minimum absolute atomic E-state index is 0.0607. The Labute approximate surface area is 94.6 Å². The fourth-order valence-corrected chi connectivity index (χ4v) is 1.44. The molecule has 16 heavy (non-hydrogen) atoms. The van der Waals surface area contributed by atoms with Gasteiger partial charge in [0.15, 0.2) is 5.43 Å². The van der Waals surface area contributed by atoms with Crippen molar-refractivity contribution in [1.82, 2.24) is 4.98 Å². The van der Waals surface area contributed by atoms with Crippen molar-refractivity contribution in [2.75, 3.05) is 0 Å². The molecule has 1 rings (SSSR count). The standard InChI is InChI=1S/C8H5BrF5NO/c9-2-3-1-4(16)5(7(10)11)6(15-3)8(12,13)14/h1,7H,2H2,(H,15,16). The zero-order valence-electron chi connectivity index (χ0n) is 7.54. The summed E-state index contributed by atoms with van der Waals surface area (Å²) in [6.45, 7) is 0. The van der Waals surface area contributed by atoms with Crippen molar-refractivity contribution < 1.29 is 22.0 Å². The highest BCUT2D eigenvalue weighted by molar-refractivity contribution is 9.08. The van der Waals surface area contributed by atoms with Gasteiger partial charge < -0.3 is 4.98 Å². The van der Waals surface area contributed by atoms with Gasteiger partial charge in [0, 0.05) is 17.1 Å². The van der Waals surface area contributed by atoms with Gasteiger partial charge in [0.05, 0.1) is 5.56 Å². The summed E-state index contributed by atoms with van der Waals surface area (Å²) in [5.74, 6) is 0. The lowest BCUT2D eigenvalue weighted by Gasteiger charge is -2.12. The smallest absolute Gasteiger partial charge is 0.354 e. The van der Waals surface area contributed by atoms with Gasteiger partial charge in [0.1, 0.15) is 5.69 Å². The van der Waals surface area contributed by atoms with E-state index in [2.05, 4.69) is 15.9 Å². The van der Waals surface area contributed by atoms with Crippen LogP contribution in [0, 0.1) is 0 Å². The fraction of sp³-hybridized carbons (Fsp3) is 0.375. The highest BCUT2D eigenvalue weighted by Crippen LogP contribution is 2.33. The number of aromatic amines is 1. The van der Waals surface area contributed by atoms with Crippen molar-refractivity contribution in [3.05, 3.63) is 33.2 Å². The van der Waals surface area contributed by atoms with Crippen LogP contribution in [-0.4, -0.2) is 4.98 Å². The van der Waals surface area contributed by atoms with Crippen LogP contribution in [-0.2, 0) is 11.5 Å². The van der Waals surface area contributed by atoms with Crippen molar-refractivity contribution in [1.29, 1.82) is 0 Å². The molecule has 0 fully saturated rings. The van der Waals surface area contributed by atoms with Gasteiger partial charge in [-0.25, -0.2) is 8.78 Å². The second-order valence-electron chi connectivity index (χ2n) is 2.88. The Hall–Kier alpha value is -0.920. The monoisotopic (exact) mass is 305 g/mol. The molecular weight excluding hydrogens is 301 g/mol. The molecule has 0 aliphatic carbocycles. The van der Waals surface area contributed by atoms with E-state index in [1.54, 1.807) is 4.98 Å². The van der Waals surface area contributed by atoms with E-state index in [9.17, 15) is 26.7 Å². The van der Waals surface area contributed by atoms with Crippen LogP contribution in [0.2, 0.25) is 0 Å². The number of pyridine rings is 1. The van der Waals surface area contributed by atoms with Crippen LogP contribution in [0.1, 0.15) is 23.4 Å². The number of halogens is 6. The van der Waals surface area contributed by atoms with E-state index < -0.39 is 29.3 Å². The zero-order valence-corrected chi connectivity index (χ0v) is 9.12. The molecule has 90 valence electrons. The molecule has 0 radical (unpaired) electrons. The topological polar surface area (TPSA) is 32.9 Å². The van der Waals surface area contributed by atoms with Crippen molar-refractivity contribution in [2.45, 2.75) is 17.9 Å². The highest BCUT2D eigenvalue weighted by atomic mass is 79.9. The molecule has 0 aliphatic rings. The number of nitrogens with one attached hydrogen (secondary N) is 1. The van der Waals surface area contributed by atoms with Gasteiger partial charge in [-0.2, -0.15) is 13.2 Å². The summed E-state index contributed by atoms with van der Waals surface area (Å²) in [6, 6.07) is 0.714. The summed E-state index contributed by atoms with van der Waals surface area (Å²) in [4.78, 5) is 12.9. The summed E-state index contributed by atoms with van der Waals surface area (Å²) in [5, 5.41) is -0.0607. The molecule has 1 aromatic rings. The molecule has 1 heterocycles. The van der Waals surface area contributed by atoms with E-state index in [0.29, 0.717) is 6.07 Å². The lowest BCUT2D eigenvalue weighted by atomic mass is 10.1. The Morgan fingerprint density at radius 3 is 2.31 bits per heavy atom. The van der Waals surface area contributed by atoms with E-state index in [1.165, 1.54) is 0 Å². The summed E-state index contributed by atoms with van der Waals surface area (Å²) >= 11 is 2.83. The number of rotatable bonds is 2. The van der Waals surface area contributed by atoms with E-state index in [1.807, 2.05) is 0 Å². The molecule has 0 bridgehead atoms. The number of H-pyrrole nitrogens is 1. The minimum atomic E-state index is -5.01. The summed E-state index contributed by atoms with van der Waals surface area (Å²) < 4.78 is 61.8. The van der Waals surface area contributed by atoms with Crippen molar-refractivity contribution in [3.63, 3.8) is 0 Å². The Morgan fingerprint density at radius 1 is 1.38 bits per heavy atom. The third-order valence-corrected chi connectivity index (χ3v) is 2.38. The van der Waals surface area contributed by atoms with Crippen LogP contribution in [0.3, 0.4) is 0 Å². The summed E-state index contributed by atoms with van der Waals surface area (Å²) in [5.41, 5.74) is -4.67. The van der Waals surface area contributed by atoms with Gasteiger partial charge >= 0.3 is 6.18 Å². The molecule has 0 saturated carbocycles. The van der Waals surface area contributed by atoms with Crippen LogP contribution >= 0.6 is 15.9 Å². The predicted molar refractivity (Wildman–Crippen MR) is 49.7 cm³/mol. The number of hydrogen-bond donors (Lipinski definition) is 1. The SMILES string of the molecule is O=c1cc(CBr)[nH]c(C(F)(F)F)c1C(F)F. The van der Waals surface area contributed by atoms with E-state index >= 15 is 0 Å². The molecule has 2 nitrogen and oxygen atoms in total. The molecular formula is C8H5BrF5NO. The van der Waals surface area contributed by atoms with Crippen LogP contribution in [0.15, 0.2) is 10.9 Å². The molecule has 8 heteroatoms. The highest BCUT2D eigenvalue weighted by Gasteiger charge is 2.38. The third-order valence-electron chi connectivity index (χ3n) is 1.77. The fourth-order valence-electron chi connectivity index (χ4n) is 1.14. The average molecular weight is 306 g/mol. The molecule has 0 saturated heterocycles. The Balaban J connectivity index is 3.54. The Kier molecular flexibility index (Phi) is 3.72. The van der Waals surface area contributed by atoms with Gasteiger partial charge in [-0.15, -0.1) is 0 Å². The van der Waals surface area contributed by atoms with Crippen molar-refractivity contribution in [2.24, 2.45) is 0 Å². The maximum absolute atomic E-state index is 12.4. The molecule has 0 spiro atoms. The zero-order chi connectivity index (χ0) is 12.5. The first-order valence-corrected chi connectivity index (χ1v) is 5.07. The summed E-state index contributed by atoms with van der Waals surface area (Å²) in [6.07, 6.45) is -8.48. The average Bonchev–Trinajstić information content (AvgIpc) is 2.14. The second kappa shape index (κ2) is 4.52. The quantitative estimate of drug-likeness (QED) is 0.660. The van der Waals surface area contributed by atoms with Gasteiger partial charge in [-0.3, -0.25) is 4.79 Å².